The SMILES string of the molecule is CCOC(=O)C(N(CC)C(C)=O)C1(SN=O)CCN(C)CC1. The molecular formula is C14H25N3O4S. The Morgan fingerprint density at radius 1 is 1.36 bits per heavy atom. The van der Waals surface area contributed by atoms with Gasteiger partial charge in [0.25, 0.3) is 0 Å². The fourth-order valence-electron chi connectivity index (χ4n) is 2.92. The highest BCUT2D eigenvalue weighted by Crippen LogP contribution is 2.42. The van der Waals surface area contributed by atoms with E-state index in [1.54, 1.807) is 6.92 Å². The normalized spacial score (nSPS) is 19.3. The number of esters is 1. The van der Waals surface area contributed by atoms with Crippen LogP contribution in [0.4, 0.5) is 0 Å². The Labute approximate surface area is 135 Å². The van der Waals surface area contributed by atoms with E-state index in [4.69, 9.17) is 4.74 Å². The van der Waals surface area contributed by atoms with Gasteiger partial charge in [0.15, 0.2) is 0 Å². The summed E-state index contributed by atoms with van der Waals surface area (Å²) in [5.41, 5.74) is 0. The van der Waals surface area contributed by atoms with E-state index in [0.29, 0.717) is 19.4 Å². The largest absolute Gasteiger partial charge is 0.464 e. The average Bonchev–Trinajstić information content (AvgIpc) is 2.47. The number of rotatable bonds is 7. The lowest BCUT2D eigenvalue weighted by atomic mass is 9.87. The van der Waals surface area contributed by atoms with Gasteiger partial charge in [0.1, 0.15) is 6.04 Å². The van der Waals surface area contributed by atoms with Crippen LogP contribution in [0, 0.1) is 4.91 Å². The molecule has 1 aliphatic rings. The number of nitrogens with zero attached hydrogens (tertiary/aromatic N) is 3. The molecule has 0 aromatic heterocycles. The number of carbonyl (C=O) groups excluding carboxylic acids is 2. The maximum atomic E-state index is 12.5. The summed E-state index contributed by atoms with van der Waals surface area (Å²) in [4.78, 5) is 39.1. The van der Waals surface area contributed by atoms with Crippen molar-refractivity contribution >= 4 is 23.8 Å². The fraction of sp³-hybridized carbons (Fsp3) is 0.857. The molecule has 0 saturated carbocycles. The first-order valence-corrected chi connectivity index (χ1v) is 8.32. The minimum Gasteiger partial charge on any atom is -0.464 e. The first kappa shape index (κ1) is 18.9. The van der Waals surface area contributed by atoms with Gasteiger partial charge in [-0.15, -0.1) is 4.91 Å². The van der Waals surface area contributed by atoms with E-state index >= 15 is 0 Å². The highest BCUT2D eigenvalue weighted by Gasteiger charge is 2.50. The van der Waals surface area contributed by atoms with Gasteiger partial charge in [-0.1, -0.05) is 0 Å². The molecule has 1 atom stereocenters. The van der Waals surface area contributed by atoms with Gasteiger partial charge < -0.3 is 14.5 Å². The Bertz CT molecular complexity index is 411. The quantitative estimate of drug-likeness (QED) is 0.401. The number of likely N-dealkylation sites (N-methyl/N-ethyl adjacent to an activating group) is 1. The number of nitroso groups, excluding NO2 is 1. The topological polar surface area (TPSA) is 79.3 Å². The predicted molar refractivity (Wildman–Crippen MR) is 86.3 cm³/mol. The molecule has 8 heteroatoms. The van der Waals surface area contributed by atoms with E-state index < -0.39 is 16.8 Å². The number of likely N-dealkylation sites (tertiary alicyclic amines) is 1. The van der Waals surface area contributed by atoms with Crippen LogP contribution in [0.15, 0.2) is 4.58 Å². The molecule has 1 rings (SSSR count). The van der Waals surface area contributed by atoms with E-state index in [0.717, 1.165) is 25.0 Å². The fourth-order valence-corrected chi connectivity index (χ4v) is 3.76. The van der Waals surface area contributed by atoms with Crippen LogP contribution in [-0.2, 0) is 14.3 Å². The van der Waals surface area contributed by atoms with Crippen LogP contribution >= 0.6 is 11.9 Å². The summed E-state index contributed by atoms with van der Waals surface area (Å²) >= 11 is 0.873. The highest BCUT2D eigenvalue weighted by molar-refractivity contribution is 7.99. The molecule has 1 amide bonds. The molecule has 0 aromatic rings. The van der Waals surface area contributed by atoms with Crippen LogP contribution < -0.4 is 0 Å². The molecule has 1 saturated heterocycles. The number of hydrogen-bond donors (Lipinski definition) is 0. The summed E-state index contributed by atoms with van der Waals surface area (Å²) in [6.07, 6.45) is 1.21. The lowest BCUT2D eigenvalue weighted by Crippen LogP contribution is -2.60. The third-order valence-electron chi connectivity index (χ3n) is 4.12. The summed E-state index contributed by atoms with van der Waals surface area (Å²) in [6, 6.07) is -0.786. The molecular weight excluding hydrogens is 306 g/mol. The molecule has 0 N–H and O–H groups in total. The minimum atomic E-state index is -0.786. The van der Waals surface area contributed by atoms with Crippen molar-refractivity contribution in [3.63, 3.8) is 0 Å². The lowest BCUT2D eigenvalue weighted by molar-refractivity contribution is -0.156. The number of carbonyl (C=O) groups is 2. The number of amides is 1. The third-order valence-corrected chi connectivity index (χ3v) is 5.19. The Kier molecular flexibility index (Phi) is 7.28. The maximum Gasteiger partial charge on any atom is 0.330 e. The summed E-state index contributed by atoms with van der Waals surface area (Å²) in [5, 5.41) is 0. The summed E-state index contributed by atoms with van der Waals surface area (Å²) in [6.45, 7) is 7.08. The van der Waals surface area contributed by atoms with Crippen LogP contribution in [0.2, 0.25) is 0 Å². The zero-order chi connectivity index (χ0) is 16.8. The van der Waals surface area contributed by atoms with E-state index in [9.17, 15) is 14.5 Å². The van der Waals surface area contributed by atoms with Gasteiger partial charge in [-0.25, -0.2) is 4.79 Å². The number of piperidine rings is 1. The van der Waals surface area contributed by atoms with E-state index in [1.165, 1.54) is 11.8 Å². The van der Waals surface area contributed by atoms with Crippen molar-refractivity contribution in [3.05, 3.63) is 4.91 Å². The Morgan fingerprint density at radius 2 is 1.95 bits per heavy atom. The molecule has 1 fully saturated rings. The van der Waals surface area contributed by atoms with Crippen LogP contribution in [0.1, 0.15) is 33.6 Å². The van der Waals surface area contributed by atoms with E-state index in [1.807, 2.05) is 14.0 Å². The maximum absolute atomic E-state index is 12.5. The van der Waals surface area contributed by atoms with Crippen LogP contribution in [-0.4, -0.2) is 65.8 Å². The summed E-state index contributed by atoms with van der Waals surface area (Å²) in [7, 11) is 1.99. The zero-order valence-electron chi connectivity index (χ0n) is 13.7. The predicted octanol–water partition coefficient (Wildman–Crippen LogP) is 1.67. The van der Waals surface area contributed by atoms with Crippen LogP contribution in [0.5, 0.6) is 0 Å². The monoisotopic (exact) mass is 331 g/mol. The molecule has 1 aliphatic heterocycles. The average molecular weight is 331 g/mol. The van der Waals surface area contributed by atoms with Gasteiger partial charge in [0.05, 0.1) is 11.4 Å². The first-order chi connectivity index (χ1) is 10.4. The van der Waals surface area contributed by atoms with Crippen molar-refractivity contribution in [1.82, 2.24) is 9.80 Å². The molecule has 22 heavy (non-hydrogen) atoms. The molecule has 7 nitrogen and oxygen atoms in total. The van der Waals surface area contributed by atoms with Crippen molar-refractivity contribution in [2.24, 2.45) is 4.58 Å². The van der Waals surface area contributed by atoms with Gasteiger partial charge >= 0.3 is 5.97 Å². The van der Waals surface area contributed by atoms with Crippen molar-refractivity contribution < 1.29 is 14.3 Å². The zero-order valence-corrected chi connectivity index (χ0v) is 14.5. The second kappa shape index (κ2) is 8.47. The summed E-state index contributed by atoms with van der Waals surface area (Å²) in [5.74, 6) is -0.661. The van der Waals surface area contributed by atoms with Gasteiger partial charge in [-0.3, -0.25) is 4.79 Å². The summed E-state index contributed by atoms with van der Waals surface area (Å²) < 4.78 is 7.46. The molecule has 1 heterocycles. The van der Waals surface area contributed by atoms with Crippen LogP contribution in [0.3, 0.4) is 0 Å². The molecule has 0 aromatic carbocycles. The molecule has 1 unspecified atom stereocenters. The van der Waals surface area contributed by atoms with Crippen molar-refractivity contribution in [1.29, 1.82) is 0 Å². The standard InChI is InChI=1S/C14H25N3O4S/c1-5-17(11(3)18)12(13(19)21-6-2)14(22-15-20)7-9-16(4)10-8-14/h12H,5-10H2,1-4H3. The number of ether oxygens (including phenoxy) is 1. The minimum absolute atomic E-state index is 0.203. The van der Waals surface area contributed by atoms with Gasteiger partial charge in [-0.2, -0.15) is 0 Å². The van der Waals surface area contributed by atoms with Crippen molar-refractivity contribution in [2.75, 3.05) is 33.3 Å². The Balaban J connectivity index is 3.21. The lowest BCUT2D eigenvalue weighted by Gasteiger charge is -2.45. The smallest absolute Gasteiger partial charge is 0.330 e. The van der Waals surface area contributed by atoms with E-state index in [-0.39, 0.29) is 12.5 Å². The Morgan fingerprint density at radius 3 is 2.36 bits per heavy atom. The molecule has 0 radical (unpaired) electrons. The first-order valence-electron chi connectivity index (χ1n) is 7.55. The van der Waals surface area contributed by atoms with Gasteiger partial charge in [0, 0.05) is 30.0 Å². The van der Waals surface area contributed by atoms with Gasteiger partial charge in [-0.05, 0) is 46.8 Å². The molecule has 0 bridgehead atoms. The van der Waals surface area contributed by atoms with Crippen molar-refractivity contribution in [3.8, 4) is 0 Å². The van der Waals surface area contributed by atoms with Crippen molar-refractivity contribution in [2.45, 2.75) is 44.4 Å². The van der Waals surface area contributed by atoms with Gasteiger partial charge in [0.2, 0.25) is 5.91 Å². The van der Waals surface area contributed by atoms with E-state index in [2.05, 4.69) is 9.48 Å². The molecule has 0 spiro atoms. The highest BCUT2D eigenvalue weighted by atomic mass is 32.2. The molecule has 0 aliphatic carbocycles. The third kappa shape index (κ3) is 4.19. The molecule has 126 valence electrons. The van der Waals surface area contributed by atoms with Crippen LogP contribution in [0.25, 0.3) is 0 Å². The second-order valence-corrected chi connectivity index (χ2v) is 6.64. The Hall–Kier alpha value is -1.15. The second-order valence-electron chi connectivity index (χ2n) is 5.49. The number of hydrogen-bond acceptors (Lipinski definition) is 7.